The molecule has 0 unspecified atom stereocenters. The van der Waals surface area contributed by atoms with Crippen LogP contribution in [0.25, 0.3) is 0 Å². The Bertz CT molecular complexity index is 583. The van der Waals surface area contributed by atoms with Gasteiger partial charge in [-0.25, -0.2) is 9.78 Å². The van der Waals surface area contributed by atoms with Crippen LogP contribution in [0.2, 0.25) is 0 Å². The predicted octanol–water partition coefficient (Wildman–Crippen LogP) is 2.46. The molecule has 1 heterocycles. The Kier molecular flexibility index (Phi) is 5.62. The van der Waals surface area contributed by atoms with Crippen molar-refractivity contribution >= 4 is 17.7 Å². The summed E-state index contributed by atoms with van der Waals surface area (Å²) in [6, 6.07) is 6.90. The molecule has 1 N–H and O–H groups in total. The lowest BCUT2D eigenvalue weighted by molar-refractivity contribution is 0.0600. The first kappa shape index (κ1) is 15.4. The van der Waals surface area contributed by atoms with Crippen molar-refractivity contribution < 1.29 is 14.3 Å². The van der Waals surface area contributed by atoms with Crippen LogP contribution in [-0.4, -0.2) is 40.6 Å². The third-order valence-corrected chi connectivity index (χ3v) is 3.57. The highest BCUT2D eigenvalue weighted by atomic mass is 32.2. The molecule has 0 saturated carbocycles. The van der Waals surface area contributed by atoms with Gasteiger partial charge in [0.2, 0.25) is 5.16 Å². The standard InChI is InChI=1S/C14H17N3O3S/c1-10-15-14(17-16-10)21-9-3-8-20-12-6-4-11(5-7-12)13(18)19-2/h4-7H,3,8-9H2,1-2H3,(H,15,16,17). The molecule has 7 heteroatoms. The first-order valence-corrected chi connectivity index (χ1v) is 7.50. The maximum atomic E-state index is 11.3. The maximum Gasteiger partial charge on any atom is 0.337 e. The van der Waals surface area contributed by atoms with E-state index in [9.17, 15) is 4.79 Å². The minimum atomic E-state index is -0.347. The highest BCUT2D eigenvalue weighted by Gasteiger charge is 2.04. The van der Waals surface area contributed by atoms with Crippen LogP contribution in [0, 0.1) is 6.92 Å². The SMILES string of the molecule is COC(=O)c1ccc(OCCCSc2n[nH]c(C)n2)cc1. The Balaban J connectivity index is 1.67. The fourth-order valence-corrected chi connectivity index (χ4v) is 2.36. The molecule has 21 heavy (non-hydrogen) atoms. The second-order valence-corrected chi connectivity index (χ2v) is 5.33. The van der Waals surface area contributed by atoms with Gasteiger partial charge in [0.15, 0.2) is 0 Å². The third kappa shape index (κ3) is 4.78. The summed E-state index contributed by atoms with van der Waals surface area (Å²) in [6.45, 7) is 2.48. The van der Waals surface area contributed by atoms with Gasteiger partial charge in [-0.15, -0.1) is 5.10 Å². The minimum Gasteiger partial charge on any atom is -0.494 e. The lowest BCUT2D eigenvalue weighted by Crippen LogP contribution is -2.02. The van der Waals surface area contributed by atoms with Crippen molar-refractivity contribution in [2.24, 2.45) is 0 Å². The van der Waals surface area contributed by atoms with Crippen molar-refractivity contribution in [1.82, 2.24) is 15.2 Å². The van der Waals surface area contributed by atoms with Crippen LogP contribution in [0.1, 0.15) is 22.6 Å². The topological polar surface area (TPSA) is 77.1 Å². The van der Waals surface area contributed by atoms with Crippen molar-refractivity contribution in [3.8, 4) is 5.75 Å². The molecule has 0 amide bonds. The Morgan fingerprint density at radius 3 is 2.71 bits per heavy atom. The molecular formula is C14H17N3O3S. The van der Waals surface area contributed by atoms with Gasteiger partial charge in [0.1, 0.15) is 11.6 Å². The minimum absolute atomic E-state index is 0.347. The number of methoxy groups -OCH3 is 1. The van der Waals surface area contributed by atoms with E-state index < -0.39 is 0 Å². The van der Waals surface area contributed by atoms with E-state index in [-0.39, 0.29) is 5.97 Å². The highest BCUT2D eigenvalue weighted by molar-refractivity contribution is 7.99. The molecule has 1 aromatic heterocycles. The molecule has 0 atom stereocenters. The maximum absolute atomic E-state index is 11.3. The molecule has 1 aromatic carbocycles. The van der Waals surface area contributed by atoms with Gasteiger partial charge in [-0.1, -0.05) is 11.8 Å². The highest BCUT2D eigenvalue weighted by Crippen LogP contribution is 2.15. The molecule has 0 aliphatic rings. The van der Waals surface area contributed by atoms with E-state index in [0.29, 0.717) is 12.2 Å². The summed E-state index contributed by atoms with van der Waals surface area (Å²) in [4.78, 5) is 15.5. The number of aromatic amines is 1. The normalized spacial score (nSPS) is 10.4. The zero-order valence-corrected chi connectivity index (χ0v) is 12.8. The van der Waals surface area contributed by atoms with Crippen molar-refractivity contribution in [1.29, 1.82) is 0 Å². The molecular weight excluding hydrogens is 290 g/mol. The van der Waals surface area contributed by atoms with Crippen LogP contribution in [-0.2, 0) is 4.74 Å². The molecule has 0 fully saturated rings. The number of carbonyl (C=O) groups is 1. The number of benzene rings is 1. The van der Waals surface area contributed by atoms with E-state index in [1.807, 2.05) is 6.92 Å². The molecule has 2 aromatic rings. The quantitative estimate of drug-likeness (QED) is 0.481. The fraction of sp³-hybridized carbons (Fsp3) is 0.357. The van der Waals surface area contributed by atoms with Gasteiger partial charge in [0.05, 0.1) is 19.3 Å². The second kappa shape index (κ2) is 7.68. The number of aryl methyl sites for hydroxylation is 1. The van der Waals surface area contributed by atoms with E-state index in [0.717, 1.165) is 28.9 Å². The smallest absolute Gasteiger partial charge is 0.337 e. The third-order valence-electron chi connectivity index (χ3n) is 2.64. The molecule has 0 aliphatic carbocycles. The van der Waals surface area contributed by atoms with Crippen molar-refractivity contribution in [3.63, 3.8) is 0 Å². The van der Waals surface area contributed by atoms with Crippen LogP contribution >= 0.6 is 11.8 Å². The molecule has 0 aliphatic heterocycles. The van der Waals surface area contributed by atoms with Crippen LogP contribution in [0.5, 0.6) is 5.75 Å². The summed E-state index contributed by atoms with van der Waals surface area (Å²) in [7, 11) is 1.36. The van der Waals surface area contributed by atoms with Crippen LogP contribution < -0.4 is 4.74 Å². The van der Waals surface area contributed by atoms with Gasteiger partial charge in [-0.2, -0.15) is 0 Å². The molecule has 0 bridgehead atoms. The number of hydrogen-bond donors (Lipinski definition) is 1. The van der Waals surface area contributed by atoms with Crippen LogP contribution in [0.3, 0.4) is 0 Å². The first-order chi connectivity index (χ1) is 10.2. The van der Waals surface area contributed by atoms with E-state index in [1.54, 1.807) is 36.0 Å². The number of thioether (sulfide) groups is 1. The summed E-state index contributed by atoms with van der Waals surface area (Å²) in [5.41, 5.74) is 0.514. The molecule has 112 valence electrons. The Labute approximate surface area is 127 Å². The van der Waals surface area contributed by atoms with Crippen molar-refractivity contribution in [3.05, 3.63) is 35.7 Å². The van der Waals surface area contributed by atoms with E-state index in [2.05, 4.69) is 19.9 Å². The largest absolute Gasteiger partial charge is 0.494 e. The molecule has 0 radical (unpaired) electrons. The molecule has 2 rings (SSSR count). The number of nitrogens with one attached hydrogen (secondary N) is 1. The van der Waals surface area contributed by atoms with Crippen LogP contribution in [0.4, 0.5) is 0 Å². The number of hydrogen-bond acceptors (Lipinski definition) is 6. The number of ether oxygens (including phenoxy) is 2. The lowest BCUT2D eigenvalue weighted by atomic mass is 10.2. The van der Waals surface area contributed by atoms with E-state index in [1.165, 1.54) is 7.11 Å². The summed E-state index contributed by atoms with van der Waals surface area (Å²) in [6.07, 6.45) is 0.886. The second-order valence-electron chi connectivity index (χ2n) is 4.27. The molecule has 6 nitrogen and oxygen atoms in total. The monoisotopic (exact) mass is 307 g/mol. The molecule has 0 spiro atoms. The summed E-state index contributed by atoms with van der Waals surface area (Å²) < 4.78 is 10.2. The number of nitrogens with zero attached hydrogens (tertiary/aromatic N) is 2. The Morgan fingerprint density at radius 2 is 2.10 bits per heavy atom. The van der Waals surface area contributed by atoms with E-state index in [4.69, 9.17) is 4.74 Å². The van der Waals surface area contributed by atoms with Gasteiger partial charge in [0, 0.05) is 5.75 Å². The van der Waals surface area contributed by atoms with Gasteiger partial charge >= 0.3 is 5.97 Å². The van der Waals surface area contributed by atoms with Crippen molar-refractivity contribution in [2.75, 3.05) is 19.5 Å². The number of esters is 1. The summed E-state index contributed by atoms with van der Waals surface area (Å²) >= 11 is 1.59. The number of carbonyl (C=O) groups excluding carboxylic acids is 1. The number of rotatable bonds is 7. The average molecular weight is 307 g/mol. The van der Waals surface area contributed by atoms with Gasteiger partial charge in [0.25, 0.3) is 0 Å². The summed E-state index contributed by atoms with van der Waals surface area (Å²) in [5.74, 6) is 2.10. The van der Waals surface area contributed by atoms with Crippen molar-refractivity contribution in [2.45, 2.75) is 18.5 Å². The molecule has 0 saturated heterocycles. The Hall–Kier alpha value is -2.02. The zero-order chi connectivity index (χ0) is 15.1. The number of aromatic nitrogens is 3. The Morgan fingerprint density at radius 1 is 1.33 bits per heavy atom. The predicted molar refractivity (Wildman–Crippen MR) is 79.7 cm³/mol. The average Bonchev–Trinajstić information content (AvgIpc) is 2.92. The van der Waals surface area contributed by atoms with Gasteiger partial charge < -0.3 is 9.47 Å². The van der Waals surface area contributed by atoms with E-state index >= 15 is 0 Å². The summed E-state index contributed by atoms with van der Waals surface area (Å²) in [5, 5.41) is 7.61. The number of H-pyrrole nitrogens is 1. The lowest BCUT2D eigenvalue weighted by Gasteiger charge is -2.06. The van der Waals surface area contributed by atoms with Gasteiger partial charge in [-0.05, 0) is 37.6 Å². The fourth-order valence-electron chi connectivity index (χ4n) is 1.60. The van der Waals surface area contributed by atoms with Crippen LogP contribution in [0.15, 0.2) is 29.4 Å². The first-order valence-electron chi connectivity index (χ1n) is 6.52. The zero-order valence-electron chi connectivity index (χ0n) is 12.0. The van der Waals surface area contributed by atoms with Gasteiger partial charge in [-0.3, -0.25) is 5.10 Å².